The van der Waals surface area contributed by atoms with Gasteiger partial charge >= 0.3 is 0 Å². The van der Waals surface area contributed by atoms with Crippen LogP contribution in [0.2, 0.25) is 0 Å². The van der Waals surface area contributed by atoms with E-state index in [1.54, 1.807) is 21.3 Å². The van der Waals surface area contributed by atoms with Gasteiger partial charge in [-0.3, -0.25) is 14.2 Å². The van der Waals surface area contributed by atoms with Crippen molar-refractivity contribution in [3.8, 4) is 28.4 Å². The number of thiophene rings is 1. The summed E-state index contributed by atoms with van der Waals surface area (Å²) in [6, 6.07) is 16.8. The van der Waals surface area contributed by atoms with Crippen LogP contribution in [0.4, 0.5) is 5.00 Å². The molecule has 4 rings (SSSR count). The third-order valence-electron chi connectivity index (χ3n) is 5.08. The van der Waals surface area contributed by atoms with E-state index < -0.39 is 11.5 Å². The van der Waals surface area contributed by atoms with E-state index >= 15 is 0 Å². The minimum absolute atomic E-state index is 0.0694. The van der Waals surface area contributed by atoms with Gasteiger partial charge in [0.25, 0.3) is 11.5 Å². The number of ether oxygens (including phenoxy) is 3. The quantitative estimate of drug-likeness (QED) is 0.406. The molecule has 2 heterocycles. The third-order valence-corrected chi connectivity index (χ3v) is 5.93. The van der Waals surface area contributed by atoms with E-state index in [4.69, 9.17) is 14.2 Å². The maximum atomic E-state index is 13.0. The van der Waals surface area contributed by atoms with Crippen LogP contribution in [0.3, 0.4) is 0 Å². The van der Waals surface area contributed by atoms with E-state index in [0.29, 0.717) is 16.5 Å². The van der Waals surface area contributed by atoms with Crippen LogP contribution in [0.5, 0.6) is 17.2 Å². The smallest absolute Gasteiger partial charge is 0.296 e. The molecule has 0 fully saturated rings. The van der Waals surface area contributed by atoms with Gasteiger partial charge in [0, 0.05) is 12.4 Å². The zero-order valence-electron chi connectivity index (χ0n) is 18.9. The first kappa shape index (κ1) is 23.1. The summed E-state index contributed by atoms with van der Waals surface area (Å²) in [5.41, 5.74) is 2.18. The van der Waals surface area contributed by atoms with Crippen molar-refractivity contribution >= 4 is 22.2 Å². The number of carbonyl (C=O) groups excluding carboxylic acids is 1. The van der Waals surface area contributed by atoms with Gasteiger partial charge in [-0.25, -0.2) is 4.98 Å². The Morgan fingerprint density at radius 3 is 2.53 bits per heavy atom. The predicted octanol–water partition coefficient (Wildman–Crippen LogP) is 4.36. The highest BCUT2D eigenvalue weighted by molar-refractivity contribution is 7.14. The van der Waals surface area contributed by atoms with E-state index in [9.17, 15) is 9.59 Å². The number of anilines is 1. The van der Waals surface area contributed by atoms with Crippen molar-refractivity contribution in [3.63, 3.8) is 0 Å². The SMILES string of the molecule is COc1ccc(-c2csc(NC(=O)c3ncn(C)c(=O)c3OCc3ccccc3)c2)cc1OC. The summed E-state index contributed by atoms with van der Waals surface area (Å²) in [4.78, 5) is 29.8. The van der Waals surface area contributed by atoms with E-state index in [0.717, 1.165) is 16.7 Å². The first-order chi connectivity index (χ1) is 16.5. The molecule has 0 saturated carbocycles. The zero-order chi connectivity index (χ0) is 24.1. The molecule has 1 amide bonds. The lowest BCUT2D eigenvalue weighted by Gasteiger charge is -2.11. The van der Waals surface area contributed by atoms with Gasteiger partial charge in [-0.15, -0.1) is 11.3 Å². The average Bonchev–Trinajstić information content (AvgIpc) is 3.33. The second-order valence-corrected chi connectivity index (χ2v) is 8.25. The van der Waals surface area contributed by atoms with Gasteiger partial charge in [0.15, 0.2) is 17.2 Å². The summed E-state index contributed by atoms with van der Waals surface area (Å²) in [7, 11) is 4.72. The molecule has 8 nitrogen and oxygen atoms in total. The normalized spacial score (nSPS) is 10.6. The van der Waals surface area contributed by atoms with Crippen LogP contribution < -0.4 is 25.1 Å². The van der Waals surface area contributed by atoms with E-state index in [2.05, 4.69) is 10.3 Å². The van der Waals surface area contributed by atoms with E-state index in [-0.39, 0.29) is 18.1 Å². The summed E-state index contributed by atoms with van der Waals surface area (Å²) >= 11 is 1.36. The van der Waals surface area contributed by atoms with Gasteiger partial charge in [0.05, 0.1) is 25.5 Å². The van der Waals surface area contributed by atoms with Crippen LogP contribution in [0.15, 0.2) is 71.1 Å². The highest BCUT2D eigenvalue weighted by Gasteiger charge is 2.20. The van der Waals surface area contributed by atoms with Crippen molar-refractivity contribution in [2.45, 2.75) is 6.61 Å². The number of rotatable bonds is 8. The first-order valence-electron chi connectivity index (χ1n) is 10.3. The topological polar surface area (TPSA) is 91.7 Å². The number of carbonyl (C=O) groups is 1. The average molecular weight is 478 g/mol. The lowest BCUT2D eigenvalue weighted by Crippen LogP contribution is -2.25. The monoisotopic (exact) mass is 477 g/mol. The molecule has 0 spiro atoms. The van der Waals surface area contributed by atoms with Gasteiger partial charge in [-0.1, -0.05) is 36.4 Å². The molecule has 0 atom stereocenters. The highest BCUT2D eigenvalue weighted by Crippen LogP contribution is 2.35. The maximum absolute atomic E-state index is 13.0. The molecule has 2 aromatic carbocycles. The molecule has 34 heavy (non-hydrogen) atoms. The maximum Gasteiger partial charge on any atom is 0.296 e. The number of benzene rings is 2. The third kappa shape index (κ3) is 4.94. The first-order valence-corrected chi connectivity index (χ1v) is 11.2. The number of nitrogens with one attached hydrogen (secondary N) is 1. The minimum Gasteiger partial charge on any atom is -0.493 e. The minimum atomic E-state index is -0.526. The van der Waals surface area contributed by atoms with Gasteiger partial charge in [0.1, 0.15) is 6.61 Å². The van der Waals surface area contributed by atoms with Crippen molar-refractivity contribution in [3.05, 3.63) is 87.9 Å². The molecule has 0 bridgehead atoms. The molecule has 0 radical (unpaired) electrons. The Labute approximate surface area is 200 Å². The number of aromatic nitrogens is 2. The summed E-state index contributed by atoms with van der Waals surface area (Å²) in [5.74, 6) is 0.626. The van der Waals surface area contributed by atoms with Gasteiger partial charge in [-0.2, -0.15) is 0 Å². The van der Waals surface area contributed by atoms with Gasteiger partial charge in [0.2, 0.25) is 5.75 Å². The van der Waals surface area contributed by atoms with Gasteiger partial charge < -0.3 is 19.5 Å². The molecular weight excluding hydrogens is 454 g/mol. The fraction of sp³-hybridized carbons (Fsp3) is 0.160. The Morgan fingerprint density at radius 1 is 1.03 bits per heavy atom. The number of nitrogens with zero attached hydrogens (tertiary/aromatic N) is 2. The van der Waals surface area contributed by atoms with Gasteiger partial charge in [-0.05, 0) is 34.9 Å². The number of hydrogen-bond donors (Lipinski definition) is 1. The van der Waals surface area contributed by atoms with Crippen molar-refractivity contribution in [2.24, 2.45) is 7.05 Å². The molecule has 0 aliphatic carbocycles. The predicted molar refractivity (Wildman–Crippen MR) is 131 cm³/mol. The lowest BCUT2D eigenvalue weighted by atomic mass is 10.1. The Morgan fingerprint density at radius 2 is 1.79 bits per heavy atom. The van der Waals surface area contributed by atoms with Crippen LogP contribution in [0.1, 0.15) is 16.1 Å². The molecular formula is C25H23N3O5S. The molecule has 4 aromatic rings. The second-order valence-electron chi connectivity index (χ2n) is 7.34. The van der Waals surface area contributed by atoms with E-state index in [1.807, 2.05) is 60.0 Å². The Hall–Kier alpha value is -4.11. The second kappa shape index (κ2) is 10.2. The summed E-state index contributed by atoms with van der Waals surface area (Å²) in [6.45, 7) is 0.143. The van der Waals surface area contributed by atoms with Crippen molar-refractivity contribution < 1.29 is 19.0 Å². The molecule has 2 aromatic heterocycles. The zero-order valence-corrected chi connectivity index (χ0v) is 19.7. The Kier molecular flexibility index (Phi) is 6.93. The van der Waals surface area contributed by atoms with Crippen LogP contribution in [-0.4, -0.2) is 29.7 Å². The van der Waals surface area contributed by atoms with Crippen molar-refractivity contribution in [2.75, 3.05) is 19.5 Å². The summed E-state index contributed by atoms with van der Waals surface area (Å²) < 4.78 is 17.7. The number of aryl methyl sites for hydroxylation is 1. The molecule has 0 unspecified atom stereocenters. The summed E-state index contributed by atoms with van der Waals surface area (Å²) in [5, 5.41) is 5.34. The molecule has 9 heteroatoms. The Balaban J connectivity index is 1.55. The van der Waals surface area contributed by atoms with Crippen LogP contribution in [0.25, 0.3) is 11.1 Å². The van der Waals surface area contributed by atoms with Crippen molar-refractivity contribution in [1.82, 2.24) is 9.55 Å². The largest absolute Gasteiger partial charge is 0.493 e. The molecule has 0 aliphatic heterocycles. The fourth-order valence-corrected chi connectivity index (χ4v) is 4.08. The Bertz CT molecular complexity index is 1360. The van der Waals surface area contributed by atoms with Crippen LogP contribution >= 0.6 is 11.3 Å². The molecule has 0 saturated heterocycles. The number of amides is 1. The number of hydrogen-bond acceptors (Lipinski definition) is 7. The highest BCUT2D eigenvalue weighted by atomic mass is 32.1. The molecule has 1 N–H and O–H groups in total. The number of methoxy groups -OCH3 is 2. The van der Waals surface area contributed by atoms with Crippen LogP contribution in [-0.2, 0) is 13.7 Å². The van der Waals surface area contributed by atoms with Crippen molar-refractivity contribution in [1.29, 1.82) is 0 Å². The summed E-state index contributed by atoms with van der Waals surface area (Å²) in [6.07, 6.45) is 1.30. The molecule has 0 aliphatic rings. The standard InChI is InChI=1S/C25H23N3O5S/c1-28-15-26-22(23(25(28)30)33-13-16-7-5-4-6-8-16)24(29)27-21-12-18(14-34-21)17-9-10-19(31-2)20(11-17)32-3/h4-12,14-15H,13H2,1-3H3,(H,27,29). The molecule has 174 valence electrons. The fourth-order valence-electron chi connectivity index (χ4n) is 3.28. The van der Waals surface area contributed by atoms with E-state index in [1.165, 1.54) is 22.2 Å². The van der Waals surface area contributed by atoms with Crippen LogP contribution in [0, 0.1) is 0 Å². The lowest BCUT2D eigenvalue weighted by molar-refractivity contribution is 0.101.